The van der Waals surface area contributed by atoms with Crippen LogP contribution in [0.3, 0.4) is 0 Å². The summed E-state index contributed by atoms with van der Waals surface area (Å²) in [6, 6.07) is 27.9. The lowest BCUT2D eigenvalue weighted by molar-refractivity contribution is 0.660. The number of benzene rings is 7. The summed E-state index contributed by atoms with van der Waals surface area (Å²) >= 11 is 0. The fraction of sp³-hybridized carbons (Fsp3) is 0.0732. The third kappa shape index (κ3) is 3.08. The monoisotopic (exact) mass is 543 g/mol. The van der Waals surface area contributed by atoms with Gasteiger partial charge in [-0.05, 0) is 67.0 Å². The standard InChI is InChI=1S/C41H28O/c1-41(2)33-19-9-7-16-30(33)37-32(18-11-20-34(37)41)38-29-15-6-5-14-28(29)36(27-23-22-25-12-3-4-13-26(25)24-27)40-39(38)31-17-8-10-21-35(31)42-40/h3-24H,1-2H3/i3D,4D,12D,13D,22D,23D,24D. The van der Waals surface area contributed by atoms with Crippen LogP contribution in [0.4, 0.5) is 0 Å². The number of para-hydroxylation sites is 1. The van der Waals surface area contributed by atoms with Gasteiger partial charge in [-0.2, -0.15) is 0 Å². The molecular weight excluding hydrogens is 508 g/mol. The van der Waals surface area contributed by atoms with Crippen LogP contribution < -0.4 is 0 Å². The Balaban J connectivity index is 1.51. The third-order valence-electron chi connectivity index (χ3n) is 8.92. The summed E-state index contributed by atoms with van der Waals surface area (Å²) in [6.45, 7) is 4.51. The molecule has 42 heavy (non-hydrogen) atoms. The number of rotatable bonds is 2. The molecule has 0 fully saturated rings. The normalized spacial score (nSPS) is 16.0. The Morgan fingerprint density at radius 2 is 1.24 bits per heavy atom. The maximum atomic E-state index is 9.45. The van der Waals surface area contributed by atoms with E-state index in [4.69, 9.17) is 11.3 Å². The van der Waals surface area contributed by atoms with E-state index in [0.717, 1.165) is 32.8 Å². The second-order valence-electron chi connectivity index (χ2n) is 11.5. The Hall–Kier alpha value is -5.14. The van der Waals surface area contributed by atoms with Crippen molar-refractivity contribution in [3.8, 4) is 33.4 Å². The van der Waals surface area contributed by atoms with E-state index in [1.165, 1.54) is 16.7 Å². The van der Waals surface area contributed by atoms with Gasteiger partial charge in [-0.25, -0.2) is 0 Å². The Morgan fingerprint density at radius 3 is 2.10 bits per heavy atom. The van der Waals surface area contributed by atoms with Gasteiger partial charge in [0.2, 0.25) is 0 Å². The summed E-state index contributed by atoms with van der Waals surface area (Å²) < 4.78 is 68.3. The quantitative estimate of drug-likeness (QED) is 0.211. The van der Waals surface area contributed by atoms with Gasteiger partial charge >= 0.3 is 0 Å². The van der Waals surface area contributed by atoms with E-state index in [1.807, 2.05) is 48.5 Å². The summed E-state index contributed by atoms with van der Waals surface area (Å²) in [5.74, 6) is 0. The molecule has 8 aromatic rings. The molecular formula is C41H28O. The molecule has 0 bridgehead atoms. The van der Waals surface area contributed by atoms with Crippen molar-refractivity contribution in [2.24, 2.45) is 0 Å². The van der Waals surface area contributed by atoms with Crippen LogP contribution in [0.2, 0.25) is 0 Å². The van der Waals surface area contributed by atoms with Crippen LogP contribution in [0.15, 0.2) is 138 Å². The van der Waals surface area contributed by atoms with Gasteiger partial charge in [0.1, 0.15) is 11.2 Å². The second kappa shape index (κ2) is 8.44. The molecule has 1 aliphatic rings. The van der Waals surface area contributed by atoms with Crippen molar-refractivity contribution in [1.29, 1.82) is 0 Å². The van der Waals surface area contributed by atoms with Crippen LogP contribution in [-0.4, -0.2) is 0 Å². The molecule has 9 rings (SSSR count). The fourth-order valence-electron chi connectivity index (χ4n) is 7.04. The van der Waals surface area contributed by atoms with Crippen LogP contribution in [0.1, 0.15) is 34.6 Å². The first-order valence-corrected chi connectivity index (χ1v) is 14.1. The van der Waals surface area contributed by atoms with Gasteiger partial charge in [0.15, 0.2) is 0 Å². The van der Waals surface area contributed by atoms with Crippen molar-refractivity contribution in [3.05, 3.63) is 144 Å². The largest absolute Gasteiger partial charge is 0.455 e. The molecule has 1 aliphatic carbocycles. The van der Waals surface area contributed by atoms with Gasteiger partial charge in [-0.15, -0.1) is 0 Å². The molecule has 7 aromatic carbocycles. The molecule has 0 saturated carbocycles. The number of fused-ring (bicyclic) bond motifs is 8. The van der Waals surface area contributed by atoms with E-state index >= 15 is 0 Å². The van der Waals surface area contributed by atoms with E-state index in [2.05, 4.69) is 56.3 Å². The highest BCUT2D eigenvalue weighted by atomic mass is 16.3. The minimum absolute atomic E-state index is 0.0841. The van der Waals surface area contributed by atoms with Gasteiger partial charge < -0.3 is 4.42 Å². The lowest BCUT2D eigenvalue weighted by Crippen LogP contribution is -2.14. The summed E-state index contributed by atoms with van der Waals surface area (Å²) in [5.41, 5.74) is 8.26. The number of hydrogen-bond acceptors (Lipinski definition) is 1. The van der Waals surface area contributed by atoms with Gasteiger partial charge in [-0.1, -0.05) is 135 Å². The van der Waals surface area contributed by atoms with Gasteiger partial charge in [0, 0.05) is 27.3 Å². The summed E-state index contributed by atoms with van der Waals surface area (Å²) in [6.07, 6.45) is 0. The average molecular weight is 544 g/mol. The molecule has 0 aliphatic heterocycles. The number of furan rings is 1. The van der Waals surface area contributed by atoms with Crippen LogP contribution in [0.5, 0.6) is 0 Å². The van der Waals surface area contributed by atoms with Crippen LogP contribution in [0.25, 0.3) is 76.9 Å². The highest BCUT2D eigenvalue weighted by molar-refractivity contribution is 6.27. The first-order chi connectivity index (χ1) is 23.5. The summed E-state index contributed by atoms with van der Waals surface area (Å²) in [5, 5.41) is 3.07. The van der Waals surface area contributed by atoms with Gasteiger partial charge in [0.05, 0.1) is 9.60 Å². The topological polar surface area (TPSA) is 13.1 Å². The van der Waals surface area contributed by atoms with E-state index in [-0.39, 0.29) is 39.9 Å². The minimum atomic E-state index is -0.493. The van der Waals surface area contributed by atoms with Crippen molar-refractivity contribution in [2.75, 3.05) is 0 Å². The van der Waals surface area contributed by atoms with E-state index < -0.39 is 24.2 Å². The van der Waals surface area contributed by atoms with Crippen molar-refractivity contribution in [1.82, 2.24) is 0 Å². The third-order valence-corrected chi connectivity index (χ3v) is 8.92. The van der Waals surface area contributed by atoms with E-state index in [9.17, 15) is 2.74 Å². The summed E-state index contributed by atoms with van der Waals surface area (Å²) in [4.78, 5) is 0. The van der Waals surface area contributed by atoms with Crippen LogP contribution >= 0.6 is 0 Å². The highest BCUT2D eigenvalue weighted by Crippen LogP contribution is 2.55. The van der Waals surface area contributed by atoms with Gasteiger partial charge in [0.25, 0.3) is 0 Å². The molecule has 1 heteroatoms. The molecule has 0 spiro atoms. The lowest BCUT2D eigenvalue weighted by atomic mass is 9.81. The predicted octanol–water partition coefficient (Wildman–Crippen LogP) is 11.5. The van der Waals surface area contributed by atoms with Crippen LogP contribution in [-0.2, 0) is 5.41 Å². The predicted molar refractivity (Wildman–Crippen MR) is 177 cm³/mol. The van der Waals surface area contributed by atoms with Crippen molar-refractivity contribution in [2.45, 2.75) is 19.3 Å². The molecule has 0 radical (unpaired) electrons. The zero-order valence-electron chi connectivity index (χ0n) is 30.1. The first-order valence-electron chi connectivity index (χ1n) is 17.6. The van der Waals surface area contributed by atoms with Crippen molar-refractivity contribution < 1.29 is 14.0 Å². The molecule has 0 amide bonds. The number of hydrogen-bond donors (Lipinski definition) is 0. The molecule has 0 atom stereocenters. The fourth-order valence-corrected chi connectivity index (χ4v) is 7.04. The Morgan fingerprint density at radius 1 is 0.571 bits per heavy atom. The lowest BCUT2D eigenvalue weighted by Gasteiger charge is -2.22. The molecule has 0 N–H and O–H groups in total. The van der Waals surface area contributed by atoms with Crippen molar-refractivity contribution in [3.63, 3.8) is 0 Å². The highest BCUT2D eigenvalue weighted by Gasteiger charge is 2.37. The maximum absolute atomic E-state index is 9.45. The minimum Gasteiger partial charge on any atom is -0.455 e. The van der Waals surface area contributed by atoms with E-state index in [1.54, 1.807) is 0 Å². The first kappa shape index (κ1) is 17.6. The molecule has 1 aromatic heterocycles. The smallest absolute Gasteiger partial charge is 0.144 e. The van der Waals surface area contributed by atoms with Crippen LogP contribution in [0, 0.1) is 0 Å². The zero-order chi connectivity index (χ0) is 34.1. The van der Waals surface area contributed by atoms with Crippen molar-refractivity contribution >= 4 is 43.5 Å². The maximum Gasteiger partial charge on any atom is 0.144 e. The summed E-state index contributed by atoms with van der Waals surface area (Å²) in [7, 11) is 0. The second-order valence-corrected chi connectivity index (χ2v) is 11.5. The Bertz CT molecular complexity index is 2780. The average Bonchev–Trinajstić information content (AvgIpc) is 3.60. The Kier molecular flexibility index (Phi) is 3.54. The van der Waals surface area contributed by atoms with E-state index in [0.29, 0.717) is 22.1 Å². The zero-order valence-corrected chi connectivity index (χ0v) is 23.1. The molecule has 1 heterocycles. The molecule has 1 nitrogen and oxygen atoms in total. The molecule has 198 valence electrons. The van der Waals surface area contributed by atoms with Gasteiger partial charge in [-0.3, -0.25) is 0 Å². The SMILES string of the molecule is [2H]c1c([2H])c([2H])c2c([2H])c(-c3c4ccccc4c(-c4cccc5c4-c4ccccc4C5(C)C)c4c3oc3ccccc34)c([2H])c([2H])c2c1[2H]. The Labute approximate surface area is 254 Å². The molecule has 0 unspecified atom stereocenters. The molecule has 0 saturated heterocycles.